The first kappa shape index (κ1) is 18.6. The quantitative estimate of drug-likeness (QED) is 0.868. The van der Waals surface area contributed by atoms with Crippen LogP contribution in [0.3, 0.4) is 0 Å². The van der Waals surface area contributed by atoms with Crippen molar-refractivity contribution in [2.45, 2.75) is 52.0 Å². The summed E-state index contributed by atoms with van der Waals surface area (Å²) in [6.45, 7) is 5.00. The Morgan fingerprint density at radius 2 is 2.04 bits per heavy atom. The molecule has 1 N–H and O–H groups in total. The van der Waals surface area contributed by atoms with Gasteiger partial charge in [-0.25, -0.2) is 9.97 Å². The van der Waals surface area contributed by atoms with Crippen LogP contribution in [0.1, 0.15) is 55.3 Å². The zero-order valence-electron chi connectivity index (χ0n) is 16.4. The lowest BCUT2D eigenvalue weighted by molar-refractivity contribution is -0.126. The molecule has 0 spiro atoms. The Kier molecular flexibility index (Phi) is 5.11. The fraction of sp³-hybridized carbons (Fsp3) is 0.455. The molecular weight excluding hydrogens is 352 g/mol. The molecule has 1 atom stereocenters. The lowest BCUT2D eigenvalue weighted by Crippen LogP contribution is -2.33. The maximum absolute atomic E-state index is 12.6. The molecule has 2 heterocycles. The van der Waals surface area contributed by atoms with Gasteiger partial charge in [0.1, 0.15) is 5.82 Å². The summed E-state index contributed by atoms with van der Waals surface area (Å²) in [5, 5.41) is 2.91. The molecule has 1 aliphatic carbocycles. The molecule has 0 saturated carbocycles. The van der Waals surface area contributed by atoms with Gasteiger partial charge in [0.05, 0.1) is 12.5 Å². The van der Waals surface area contributed by atoms with Crippen molar-refractivity contribution in [3.8, 4) is 0 Å². The smallest absolute Gasteiger partial charge is 0.227 e. The lowest BCUT2D eigenvalue weighted by atomic mass is 10.0. The fourth-order valence-corrected chi connectivity index (χ4v) is 3.92. The minimum Gasteiger partial charge on any atom is -0.348 e. The van der Waals surface area contributed by atoms with Crippen molar-refractivity contribution in [1.29, 1.82) is 0 Å². The van der Waals surface area contributed by atoms with Crippen LogP contribution >= 0.6 is 0 Å². The van der Waals surface area contributed by atoms with E-state index in [9.17, 15) is 9.59 Å². The summed E-state index contributed by atoms with van der Waals surface area (Å²) in [4.78, 5) is 35.6. The number of hydrogen-bond donors (Lipinski definition) is 1. The molecule has 28 heavy (non-hydrogen) atoms. The van der Waals surface area contributed by atoms with Crippen LogP contribution in [-0.2, 0) is 29.0 Å². The first-order valence-corrected chi connectivity index (χ1v) is 10.0. The monoisotopic (exact) mass is 378 g/mol. The predicted molar refractivity (Wildman–Crippen MR) is 107 cm³/mol. The molecular formula is C22H26N4O2. The van der Waals surface area contributed by atoms with Crippen LogP contribution in [0.25, 0.3) is 0 Å². The molecule has 0 bridgehead atoms. The molecule has 1 aromatic heterocycles. The molecule has 0 radical (unpaired) electrons. The largest absolute Gasteiger partial charge is 0.348 e. The molecule has 2 aromatic rings. The van der Waals surface area contributed by atoms with Crippen LogP contribution in [-0.4, -0.2) is 28.3 Å². The van der Waals surface area contributed by atoms with Gasteiger partial charge in [-0.05, 0) is 48.4 Å². The van der Waals surface area contributed by atoms with Gasteiger partial charge in [-0.2, -0.15) is 0 Å². The number of carbonyl (C=O) groups excluding carboxylic acids is 2. The third-order valence-corrected chi connectivity index (χ3v) is 5.65. The topological polar surface area (TPSA) is 75.2 Å². The number of rotatable bonds is 5. The third kappa shape index (κ3) is 3.77. The number of nitrogens with one attached hydrogen (secondary N) is 1. The Morgan fingerprint density at radius 1 is 1.25 bits per heavy atom. The van der Waals surface area contributed by atoms with Gasteiger partial charge in [-0.15, -0.1) is 0 Å². The number of anilines is 1. The van der Waals surface area contributed by atoms with Crippen molar-refractivity contribution in [2.24, 2.45) is 5.92 Å². The van der Waals surface area contributed by atoms with E-state index in [1.54, 1.807) is 4.90 Å². The summed E-state index contributed by atoms with van der Waals surface area (Å²) >= 11 is 0. The molecule has 6 nitrogen and oxygen atoms in total. The van der Waals surface area contributed by atoms with Crippen molar-refractivity contribution >= 4 is 17.5 Å². The molecule has 6 heteroatoms. The number of carbonyl (C=O) groups is 2. The fourth-order valence-electron chi connectivity index (χ4n) is 3.92. The van der Waals surface area contributed by atoms with Crippen LogP contribution in [0.2, 0.25) is 0 Å². The lowest BCUT2D eigenvalue weighted by Gasteiger charge is -2.17. The number of aromatic nitrogens is 2. The zero-order valence-corrected chi connectivity index (χ0v) is 16.4. The van der Waals surface area contributed by atoms with Crippen molar-refractivity contribution in [2.75, 3.05) is 11.4 Å². The Morgan fingerprint density at radius 3 is 2.79 bits per heavy atom. The molecule has 2 aliphatic rings. The van der Waals surface area contributed by atoms with Gasteiger partial charge >= 0.3 is 0 Å². The molecule has 1 aliphatic heterocycles. The summed E-state index contributed by atoms with van der Waals surface area (Å²) in [6.07, 6.45) is 5.26. The first-order valence-electron chi connectivity index (χ1n) is 10.0. The van der Waals surface area contributed by atoms with Crippen molar-refractivity contribution < 1.29 is 9.59 Å². The Bertz CT molecular complexity index is 892. The summed E-state index contributed by atoms with van der Waals surface area (Å²) in [7, 11) is 0. The number of amides is 2. The average molecular weight is 378 g/mol. The van der Waals surface area contributed by atoms with Crippen molar-refractivity contribution in [1.82, 2.24) is 15.3 Å². The Hall–Kier alpha value is -2.76. The summed E-state index contributed by atoms with van der Waals surface area (Å²) in [5.41, 5.74) is 4.41. The minimum absolute atomic E-state index is 0.00812. The van der Waals surface area contributed by atoms with E-state index in [1.165, 1.54) is 11.1 Å². The summed E-state index contributed by atoms with van der Waals surface area (Å²) in [6, 6.07) is 8.02. The van der Waals surface area contributed by atoms with E-state index in [-0.39, 0.29) is 24.2 Å². The normalized spacial score (nSPS) is 18.6. The van der Waals surface area contributed by atoms with E-state index in [0.717, 1.165) is 30.6 Å². The number of aryl methyl sites for hydroxylation is 2. The van der Waals surface area contributed by atoms with Gasteiger partial charge in [0.15, 0.2) is 0 Å². The van der Waals surface area contributed by atoms with E-state index >= 15 is 0 Å². The molecule has 1 saturated heterocycles. The highest BCUT2D eigenvalue weighted by molar-refractivity contribution is 6.00. The van der Waals surface area contributed by atoms with Crippen LogP contribution in [0.4, 0.5) is 5.69 Å². The van der Waals surface area contributed by atoms with Gasteiger partial charge in [0.2, 0.25) is 11.8 Å². The maximum Gasteiger partial charge on any atom is 0.227 e. The highest BCUT2D eigenvalue weighted by atomic mass is 16.2. The van der Waals surface area contributed by atoms with Crippen LogP contribution < -0.4 is 10.2 Å². The van der Waals surface area contributed by atoms with Gasteiger partial charge < -0.3 is 10.2 Å². The standard InChI is InChI=1S/C22H26N4O2/c1-14(2)15-6-8-18(9-7-15)26-13-17(10-21(26)27)22(28)24-12-20-23-11-16-4-3-5-19(16)25-20/h6-9,11,14,17H,3-5,10,12-13H2,1-2H3,(H,24,28). The van der Waals surface area contributed by atoms with Crippen LogP contribution in [0.15, 0.2) is 30.5 Å². The maximum atomic E-state index is 12.6. The predicted octanol–water partition coefficient (Wildman–Crippen LogP) is 2.76. The average Bonchev–Trinajstić information content (AvgIpc) is 3.32. The molecule has 146 valence electrons. The van der Waals surface area contributed by atoms with Gasteiger partial charge in [-0.1, -0.05) is 26.0 Å². The number of nitrogens with zero attached hydrogens (tertiary/aromatic N) is 3. The van der Waals surface area contributed by atoms with Gasteiger partial charge in [-0.3, -0.25) is 9.59 Å². The summed E-state index contributed by atoms with van der Waals surface area (Å²) < 4.78 is 0. The second kappa shape index (κ2) is 7.70. The SMILES string of the molecule is CC(C)c1ccc(N2CC(C(=O)NCc3ncc4c(n3)CCC4)CC2=O)cc1. The van der Waals surface area contributed by atoms with Gasteiger partial charge in [0, 0.05) is 30.5 Å². The third-order valence-electron chi connectivity index (χ3n) is 5.65. The van der Waals surface area contributed by atoms with Gasteiger partial charge in [0.25, 0.3) is 0 Å². The Balaban J connectivity index is 1.36. The minimum atomic E-state index is -0.341. The second-order valence-corrected chi connectivity index (χ2v) is 7.98. The van der Waals surface area contributed by atoms with Crippen molar-refractivity contribution in [3.63, 3.8) is 0 Å². The highest BCUT2D eigenvalue weighted by Crippen LogP contribution is 2.27. The van der Waals surface area contributed by atoms with E-state index in [4.69, 9.17) is 0 Å². The molecule has 1 unspecified atom stereocenters. The molecule has 1 fully saturated rings. The van der Waals surface area contributed by atoms with Crippen LogP contribution in [0.5, 0.6) is 0 Å². The zero-order chi connectivity index (χ0) is 19.7. The molecule has 4 rings (SSSR count). The van der Waals surface area contributed by atoms with E-state index in [2.05, 4.69) is 29.1 Å². The summed E-state index contributed by atoms with van der Waals surface area (Å²) in [5.74, 6) is 0.624. The second-order valence-electron chi connectivity index (χ2n) is 7.98. The first-order chi connectivity index (χ1) is 13.5. The number of fused-ring (bicyclic) bond motifs is 1. The van der Waals surface area contributed by atoms with Crippen LogP contribution in [0, 0.1) is 5.92 Å². The molecule has 2 amide bonds. The Labute approximate surface area is 165 Å². The number of hydrogen-bond acceptors (Lipinski definition) is 4. The number of benzene rings is 1. The highest BCUT2D eigenvalue weighted by Gasteiger charge is 2.35. The molecule has 1 aromatic carbocycles. The van der Waals surface area contributed by atoms with E-state index < -0.39 is 0 Å². The van der Waals surface area contributed by atoms with Crippen molar-refractivity contribution in [3.05, 3.63) is 53.1 Å². The van der Waals surface area contributed by atoms with E-state index in [1.807, 2.05) is 30.5 Å². The van der Waals surface area contributed by atoms with E-state index in [0.29, 0.717) is 24.8 Å².